The number of hydrogen-bond donors (Lipinski definition) is 1. The summed E-state index contributed by atoms with van der Waals surface area (Å²) in [6.07, 6.45) is 1.41. The quantitative estimate of drug-likeness (QED) is 0.682. The molecule has 1 aliphatic rings. The van der Waals surface area contributed by atoms with E-state index in [1.165, 1.54) is 17.9 Å². The molecule has 19 heavy (non-hydrogen) atoms. The van der Waals surface area contributed by atoms with Gasteiger partial charge in [0.05, 0.1) is 11.3 Å². The molecule has 1 aliphatic heterocycles. The van der Waals surface area contributed by atoms with E-state index in [2.05, 4.69) is 15.9 Å². The van der Waals surface area contributed by atoms with Gasteiger partial charge in [0, 0.05) is 16.6 Å². The van der Waals surface area contributed by atoms with Gasteiger partial charge in [0.15, 0.2) is 0 Å². The summed E-state index contributed by atoms with van der Waals surface area (Å²) in [6, 6.07) is 4.97. The number of benzene rings is 1. The molecule has 0 aliphatic carbocycles. The van der Waals surface area contributed by atoms with Crippen LogP contribution in [0.15, 0.2) is 34.3 Å². The van der Waals surface area contributed by atoms with Crippen molar-refractivity contribution in [1.29, 1.82) is 0 Å². The number of aliphatic carboxylic acids is 1. The predicted octanol–water partition coefficient (Wildman–Crippen LogP) is 2.01. The lowest BCUT2D eigenvalue weighted by atomic mass is 10.1. The summed E-state index contributed by atoms with van der Waals surface area (Å²) in [6.45, 7) is 1.50. The van der Waals surface area contributed by atoms with Crippen LogP contribution >= 0.6 is 15.9 Å². The maximum atomic E-state index is 11.8. The summed E-state index contributed by atoms with van der Waals surface area (Å²) < 4.78 is 0.714. The number of fused-ring (bicyclic) bond motifs is 1. The summed E-state index contributed by atoms with van der Waals surface area (Å²) in [5, 5.41) is 8.76. The van der Waals surface area contributed by atoms with E-state index in [1.807, 2.05) is 0 Å². The zero-order valence-electron chi connectivity index (χ0n) is 10.0. The van der Waals surface area contributed by atoms with Crippen LogP contribution in [0.5, 0.6) is 0 Å². The smallest absolute Gasteiger partial charge is 0.331 e. The molecule has 0 atom stereocenters. The standard InChI is InChI=1S/C13H10BrNO4/c1-7(13(18)19)4-5-15-10-3-2-8(14)6-9(10)11(16)12(15)17/h2-4,6H,5H2,1H3,(H,18,19). The molecule has 5 nitrogen and oxygen atoms in total. The van der Waals surface area contributed by atoms with E-state index in [4.69, 9.17) is 5.11 Å². The molecule has 6 heteroatoms. The maximum Gasteiger partial charge on any atom is 0.331 e. The molecular weight excluding hydrogens is 314 g/mol. The third-order valence-corrected chi connectivity index (χ3v) is 3.34. The summed E-state index contributed by atoms with van der Waals surface area (Å²) in [5.41, 5.74) is 0.971. The van der Waals surface area contributed by atoms with Crippen LogP contribution in [0.1, 0.15) is 17.3 Å². The van der Waals surface area contributed by atoms with Gasteiger partial charge < -0.3 is 10.0 Å². The van der Waals surface area contributed by atoms with E-state index in [-0.39, 0.29) is 12.1 Å². The highest BCUT2D eigenvalue weighted by atomic mass is 79.9. The number of nitrogens with zero attached hydrogens (tertiary/aromatic N) is 1. The number of rotatable bonds is 3. The number of ketones is 1. The van der Waals surface area contributed by atoms with Crippen molar-refractivity contribution in [2.45, 2.75) is 6.92 Å². The van der Waals surface area contributed by atoms with Gasteiger partial charge in [-0.3, -0.25) is 9.59 Å². The Bertz CT molecular complexity index is 621. The van der Waals surface area contributed by atoms with Gasteiger partial charge in [-0.05, 0) is 25.1 Å². The molecule has 1 aromatic carbocycles. The number of carboxylic acid groups (broad SMARTS) is 1. The average Bonchev–Trinajstić information content (AvgIpc) is 2.60. The SMILES string of the molecule is CC(=CCN1C(=O)C(=O)c2cc(Br)ccc21)C(=O)O. The average molecular weight is 324 g/mol. The van der Waals surface area contributed by atoms with Crippen LogP contribution in [0.4, 0.5) is 5.69 Å². The number of carbonyl (C=O) groups excluding carboxylic acids is 2. The highest BCUT2D eigenvalue weighted by Gasteiger charge is 2.35. The predicted molar refractivity (Wildman–Crippen MR) is 72.2 cm³/mol. The van der Waals surface area contributed by atoms with Crippen molar-refractivity contribution in [2.75, 3.05) is 11.4 Å². The first-order valence-electron chi connectivity index (χ1n) is 5.47. The molecule has 0 aromatic heterocycles. The number of carboxylic acids is 1. The highest BCUT2D eigenvalue weighted by Crippen LogP contribution is 2.31. The number of hydrogen-bond acceptors (Lipinski definition) is 3. The van der Waals surface area contributed by atoms with Crippen LogP contribution in [-0.4, -0.2) is 29.3 Å². The van der Waals surface area contributed by atoms with E-state index in [0.717, 1.165) is 0 Å². The third kappa shape index (κ3) is 2.44. The normalized spacial score (nSPS) is 14.8. The summed E-state index contributed by atoms with van der Waals surface area (Å²) >= 11 is 3.24. The van der Waals surface area contributed by atoms with Crippen molar-refractivity contribution in [3.05, 3.63) is 39.9 Å². The van der Waals surface area contributed by atoms with Crippen molar-refractivity contribution < 1.29 is 19.5 Å². The minimum Gasteiger partial charge on any atom is -0.478 e. The fourth-order valence-corrected chi connectivity index (χ4v) is 2.13. The molecular formula is C13H10BrNO4. The van der Waals surface area contributed by atoms with Gasteiger partial charge >= 0.3 is 5.97 Å². The maximum absolute atomic E-state index is 11.8. The van der Waals surface area contributed by atoms with Gasteiger partial charge in [-0.2, -0.15) is 0 Å². The van der Waals surface area contributed by atoms with E-state index in [1.54, 1.807) is 18.2 Å². The van der Waals surface area contributed by atoms with Crippen molar-refractivity contribution >= 4 is 39.3 Å². The number of halogens is 1. The molecule has 0 radical (unpaired) electrons. The van der Waals surface area contributed by atoms with Crippen molar-refractivity contribution in [1.82, 2.24) is 0 Å². The van der Waals surface area contributed by atoms with Crippen LogP contribution < -0.4 is 4.90 Å². The van der Waals surface area contributed by atoms with Gasteiger partial charge in [0.1, 0.15) is 0 Å². The second-order valence-electron chi connectivity index (χ2n) is 4.10. The monoisotopic (exact) mass is 323 g/mol. The lowest BCUT2D eigenvalue weighted by molar-refractivity contribution is -0.132. The topological polar surface area (TPSA) is 74.7 Å². The number of carbonyl (C=O) groups is 3. The lowest BCUT2D eigenvalue weighted by Crippen LogP contribution is -2.30. The van der Waals surface area contributed by atoms with Crippen LogP contribution in [0, 0.1) is 0 Å². The van der Waals surface area contributed by atoms with Crippen LogP contribution in [0.25, 0.3) is 0 Å². The van der Waals surface area contributed by atoms with Crippen molar-refractivity contribution in [3.8, 4) is 0 Å². The molecule has 0 unspecified atom stereocenters. The molecule has 1 heterocycles. The molecule has 0 bridgehead atoms. The fourth-order valence-electron chi connectivity index (χ4n) is 1.77. The van der Waals surface area contributed by atoms with E-state index >= 15 is 0 Å². The molecule has 1 amide bonds. The minimum atomic E-state index is -1.05. The van der Waals surface area contributed by atoms with Crippen LogP contribution in [0.2, 0.25) is 0 Å². The van der Waals surface area contributed by atoms with Gasteiger partial charge in [-0.15, -0.1) is 0 Å². The Kier molecular flexibility index (Phi) is 3.53. The first-order chi connectivity index (χ1) is 8.91. The molecule has 1 N–H and O–H groups in total. The summed E-state index contributed by atoms with van der Waals surface area (Å²) in [7, 11) is 0. The van der Waals surface area contributed by atoms with E-state index in [0.29, 0.717) is 15.7 Å². The lowest BCUT2D eigenvalue weighted by Gasteiger charge is -2.14. The summed E-state index contributed by atoms with van der Waals surface area (Å²) in [5.74, 6) is -2.26. The van der Waals surface area contributed by atoms with E-state index < -0.39 is 17.7 Å². The largest absolute Gasteiger partial charge is 0.478 e. The minimum absolute atomic E-state index is 0.0668. The number of amides is 1. The Hall–Kier alpha value is -1.95. The number of anilines is 1. The van der Waals surface area contributed by atoms with Gasteiger partial charge in [0.25, 0.3) is 11.7 Å². The Morgan fingerprint density at radius 1 is 1.42 bits per heavy atom. The molecule has 0 fully saturated rings. The first-order valence-corrected chi connectivity index (χ1v) is 6.27. The summed E-state index contributed by atoms with van der Waals surface area (Å²) in [4.78, 5) is 35.6. The van der Waals surface area contributed by atoms with Crippen LogP contribution in [0.3, 0.4) is 0 Å². The Morgan fingerprint density at radius 3 is 2.74 bits per heavy atom. The van der Waals surface area contributed by atoms with Gasteiger partial charge in [-0.1, -0.05) is 22.0 Å². The zero-order chi connectivity index (χ0) is 14.2. The second-order valence-corrected chi connectivity index (χ2v) is 5.01. The second kappa shape index (κ2) is 4.97. The van der Waals surface area contributed by atoms with Crippen molar-refractivity contribution in [3.63, 3.8) is 0 Å². The van der Waals surface area contributed by atoms with E-state index in [9.17, 15) is 14.4 Å². The Labute approximate surface area is 117 Å². The third-order valence-electron chi connectivity index (χ3n) is 2.85. The molecule has 2 rings (SSSR count). The van der Waals surface area contributed by atoms with Crippen molar-refractivity contribution in [2.24, 2.45) is 0 Å². The molecule has 98 valence electrons. The van der Waals surface area contributed by atoms with Gasteiger partial charge in [0.2, 0.25) is 0 Å². The zero-order valence-corrected chi connectivity index (χ0v) is 11.6. The van der Waals surface area contributed by atoms with Crippen LogP contribution in [-0.2, 0) is 9.59 Å². The molecule has 0 saturated carbocycles. The fraction of sp³-hybridized carbons (Fsp3) is 0.154. The molecule has 0 saturated heterocycles. The molecule has 1 aromatic rings. The Morgan fingerprint density at radius 2 is 2.11 bits per heavy atom. The highest BCUT2D eigenvalue weighted by molar-refractivity contribution is 9.10. The first kappa shape index (κ1) is 13.5. The number of Topliss-reactive ketones (excluding diaryl/α,β-unsaturated/α-hetero) is 1. The Balaban J connectivity index is 2.34. The van der Waals surface area contributed by atoms with Gasteiger partial charge in [-0.25, -0.2) is 4.79 Å². The molecule has 0 spiro atoms.